The minimum absolute atomic E-state index is 0.131. The monoisotopic (exact) mass is 427 g/mol. The number of ether oxygens (including phenoxy) is 1. The van der Waals surface area contributed by atoms with Gasteiger partial charge in [0, 0.05) is 71.2 Å². The van der Waals surface area contributed by atoms with E-state index >= 15 is 0 Å². The Kier molecular flexibility index (Phi) is 7.30. The minimum Gasteiger partial charge on any atom is -0.496 e. The number of carbonyl (C=O) groups excluding carboxylic acids is 1. The number of benzene rings is 2. The number of rotatable bonds is 8. The Morgan fingerprint density at radius 3 is 2.42 bits per heavy atom. The molecular formula is C22H29N5O4. The first kappa shape index (κ1) is 22.4. The van der Waals surface area contributed by atoms with Gasteiger partial charge < -0.3 is 19.9 Å². The molecular weight excluding hydrogens is 398 g/mol. The summed E-state index contributed by atoms with van der Waals surface area (Å²) in [5, 5.41) is 14.3. The van der Waals surface area contributed by atoms with Crippen LogP contribution >= 0.6 is 0 Å². The van der Waals surface area contributed by atoms with Crippen molar-refractivity contribution in [3.63, 3.8) is 0 Å². The topological polar surface area (TPSA) is 91.2 Å². The lowest BCUT2D eigenvalue weighted by molar-refractivity contribution is -0.384. The number of carbonyl (C=O) groups is 1. The highest BCUT2D eigenvalue weighted by Gasteiger charge is 2.24. The predicted molar refractivity (Wildman–Crippen MR) is 121 cm³/mol. The maximum atomic E-state index is 12.7. The summed E-state index contributed by atoms with van der Waals surface area (Å²) in [6.45, 7) is 4.87. The van der Waals surface area contributed by atoms with Gasteiger partial charge >= 0.3 is 0 Å². The van der Waals surface area contributed by atoms with Crippen LogP contribution in [0.1, 0.15) is 10.4 Å². The van der Waals surface area contributed by atoms with Gasteiger partial charge in [-0.1, -0.05) is 18.2 Å². The van der Waals surface area contributed by atoms with Crippen molar-refractivity contribution in [1.82, 2.24) is 10.2 Å². The van der Waals surface area contributed by atoms with E-state index in [1.807, 2.05) is 18.2 Å². The molecule has 0 bridgehead atoms. The van der Waals surface area contributed by atoms with Gasteiger partial charge in [-0.15, -0.1) is 0 Å². The standard InChI is InChI=1S/C22H29N5O4/c1-24(2)19-16-21(31-3)18(15-20(19)27(29)30)22(28)23-9-10-25-11-13-26(14-12-25)17-7-5-4-6-8-17/h4-8,15-16H,9-14H2,1-3H3,(H,23,28). The van der Waals surface area contributed by atoms with Gasteiger partial charge in [0.25, 0.3) is 11.6 Å². The fourth-order valence-electron chi connectivity index (χ4n) is 3.70. The van der Waals surface area contributed by atoms with E-state index in [0.29, 0.717) is 24.5 Å². The van der Waals surface area contributed by atoms with E-state index < -0.39 is 4.92 Å². The molecule has 0 atom stereocenters. The lowest BCUT2D eigenvalue weighted by atomic mass is 10.1. The Balaban J connectivity index is 1.56. The SMILES string of the molecule is COc1cc(N(C)C)c([N+](=O)[O-])cc1C(=O)NCCN1CCN(c2ccccc2)CC1. The van der Waals surface area contributed by atoms with Gasteiger partial charge in [0.1, 0.15) is 11.4 Å². The van der Waals surface area contributed by atoms with Crippen LogP contribution in [0.4, 0.5) is 17.1 Å². The second-order valence-corrected chi connectivity index (χ2v) is 7.61. The zero-order valence-corrected chi connectivity index (χ0v) is 18.2. The van der Waals surface area contributed by atoms with Crippen LogP contribution in [0.3, 0.4) is 0 Å². The number of para-hydroxylation sites is 1. The number of hydrogen-bond acceptors (Lipinski definition) is 7. The molecule has 2 aromatic carbocycles. The van der Waals surface area contributed by atoms with E-state index in [2.05, 4.69) is 27.2 Å². The molecule has 0 radical (unpaired) electrons. The van der Waals surface area contributed by atoms with Gasteiger partial charge in [0.15, 0.2) is 0 Å². The fourth-order valence-corrected chi connectivity index (χ4v) is 3.70. The molecule has 1 heterocycles. The number of methoxy groups -OCH3 is 1. The molecule has 9 heteroatoms. The molecule has 0 aromatic heterocycles. The summed E-state index contributed by atoms with van der Waals surface area (Å²) in [5.74, 6) is -0.0727. The van der Waals surface area contributed by atoms with Crippen LogP contribution in [-0.4, -0.2) is 76.2 Å². The van der Waals surface area contributed by atoms with E-state index in [4.69, 9.17) is 4.74 Å². The summed E-state index contributed by atoms with van der Waals surface area (Å²) in [6.07, 6.45) is 0. The third-order valence-electron chi connectivity index (χ3n) is 5.43. The average molecular weight is 428 g/mol. The molecule has 1 aliphatic rings. The summed E-state index contributed by atoms with van der Waals surface area (Å²) in [7, 11) is 4.86. The second-order valence-electron chi connectivity index (χ2n) is 7.61. The predicted octanol–water partition coefficient (Wildman–Crippen LogP) is 2.22. The number of hydrogen-bond donors (Lipinski definition) is 1. The number of nitrogens with one attached hydrogen (secondary N) is 1. The number of piperazine rings is 1. The molecule has 0 saturated carbocycles. The molecule has 1 amide bonds. The number of nitro groups is 1. The Morgan fingerprint density at radius 1 is 1.16 bits per heavy atom. The Bertz CT molecular complexity index is 912. The summed E-state index contributed by atoms with van der Waals surface area (Å²) in [6, 6.07) is 13.1. The van der Waals surface area contributed by atoms with Crippen LogP contribution < -0.4 is 19.9 Å². The number of nitro benzene ring substituents is 1. The first-order chi connectivity index (χ1) is 14.9. The van der Waals surface area contributed by atoms with E-state index in [1.165, 1.54) is 24.9 Å². The van der Waals surface area contributed by atoms with Gasteiger partial charge in [-0.25, -0.2) is 0 Å². The second kappa shape index (κ2) is 10.1. The lowest BCUT2D eigenvalue weighted by Gasteiger charge is -2.36. The summed E-state index contributed by atoms with van der Waals surface area (Å²) < 4.78 is 5.32. The molecule has 0 spiro atoms. The third kappa shape index (κ3) is 5.43. The highest BCUT2D eigenvalue weighted by molar-refractivity contribution is 5.98. The molecule has 3 rings (SSSR count). The molecule has 1 saturated heterocycles. The zero-order chi connectivity index (χ0) is 22.4. The smallest absolute Gasteiger partial charge is 0.293 e. The Labute approximate surface area is 182 Å². The van der Waals surface area contributed by atoms with Crippen LogP contribution in [0.25, 0.3) is 0 Å². The normalized spacial score (nSPS) is 14.2. The molecule has 1 N–H and O–H groups in total. The van der Waals surface area contributed by atoms with E-state index in [9.17, 15) is 14.9 Å². The largest absolute Gasteiger partial charge is 0.496 e. The number of anilines is 2. The summed E-state index contributed by atoms with van der Waals surface area (Å²) in [4.78, 5) is 29.9. The van der Waals surface area contributed by atoms with E-state index in [1.54, 1.807) is 19.0 Å². The molecule has 2 aromatic rings. The number of amides is 1. The minimum atomic E-state index is -0.488. The van der Waals surface area contributed by atoms with Crippen LogP contribution in [0, 0.1) is 10.1 Å². The van der Waals surface area contributed by atoms with Crippen LogP contribution in [0.5, 0.6) is 5.75 Å². The first-order valence-corrected chi connectivity index (χ1v) is 10.2. The Morgan fingerprint density at radius 2 is 1.84 bits per heavy atom. The molecule has 0 aliphatic carbocycles. The quantitative estimate of drug-likeness (QED) is 0.510. The molecule has 166 valence electrons. The van der Waals surface area contributed by atoms with Crippen molar-refractivity contribution in [2.24, 2.45) is 0 Å². The molecule has 0 unspecified atom stereocenters. The third-order valence-corrected chi connectivity index (χ3v) is 5.43. The van der Waals surface area contributed by atoms with Crippen molar-refractivity contribution in [3.05, 3.63) is 58.1 Å². The highest BCUT2D eigenvalue weighted by Crippen LogP contribution is 2.34. The average Bonchev–Trinajstić information content (AvgIpc) is 2.79. The lowest BCUT2D eigenvalue weighted by Crippen LogP contribution is -2.48. The summed E-state index contributed by atoms with van der Waals surface area (Å²) >= 11 is 0. The van der Waals surface area contributed by atoms with E-state index in [-0.39, 0.29) is 17.2 Å². The first-order valence-electron chi connectivity index (χ1n) is 10.2. The zero-order valence-electron chi connectivity index (χ0n) is 18.2. The van der Waals surface area contributed by atoms with Crippen LogP contribution in [0.2, 0.25) is 0 Å². The molecule has 31 heavy (non-hydrogen) atoms. The van der Waals surface area contributed by atoms with E-state index in [0.717, 1.165) is 26.2 Å². The summed E-state index contributed by atoms with van der Waals surface area (Å²) in [5.41, 5.74) is 1.64. The van der Waals surface area contributed by atoms with Crippen molar-refractivity contribution in [1.29, 1.82) is 0 Å². The molecule has 1 fully saturated rings. The van der Waals surface area contributed by atoms with Crippen molar-refractivity contribution in [2.75, 3.05) is 70.3 Å². The number of nitrogens with zero attached hydrogens (tertiary/aromatic N) is 4. The van der Waals surface area contributed by atoms with Gasteiger partial charge in [-0.2, -0.15) is 0 Å². The molecule has 9 nitrogen and oxygen atoms in total. The van der Waals surface area contributed by atoms with Gasteiger partial charge in [0.2, 0.25) is 0 Å². The highest BCUT2D eigenvalue weighted by atomic mass is 16.6. The van der Waals surface area contributed by atoms with Crippen molar-refractivity contribution >= 4 is 23.0 Å². The van der Waals surface area contributed by atoms with Gasteiger partial charge in [-0.05, 0) is 12.1 Å². The van der Waals surface area contributed by atoms with Crippen LogP contribution in [-0.2, 0) is 0 Å². The fraction of sp³-hybridized carbons (Fsp3) is 0.409. The Hall–Kier alpha value is -3.33. The van der Waals surface area contributed by atoms with Crippen molar-refractivity contribution in [2.45, 2.75) is 0 Å². The van der Waals surface area contributed by atoms with Crippen LogP contribution in [0.15, 0.2) is 42.5 Å². The maximum absolute atomic E-state index is 12.7. The van der Waals surface area contributed by atoms with Gasteiger partial charge in [0.05, 0.1) is 17.6 Å². The maximum Gasteiger partial charge on any atom is 0.293 e. The van der Waals surface area contributed by atoms with Crippen molar-refractivity contribution in [3.8, 4) is 5.75 Å². The molecule has 1 aliphatic heterocycles. The van der Waals surface area contributed by atoms with Crippen molar-refractivity contribution < 1.29 is 14.5 Å². The van der Waals surface area contributed by atoms with Gasteiger partial charge in [-0.3, -0.25) is 19.8 Å².